The first-order valence-electron chi connectivity index (χ1n) is 12.0. The molecule has 0 bridgehead atoms. The van der Waals surface area contributed by atoms with Gasteiger partial charge in [0, 0.05) is 30.8 Å². The number of benzene rings is 2. The Balaban J connectivity index is 1.71. The van der Waals surface area contributed by atoms with Gasteiger partial charge in [-0.1, -0.05) is 6.07 Å². The SMILES string of the molecule is COc1cc2c(cc1O)C(c1ccc(O[C@@H]3O[C@H](CO)[C@@H](O)[C@H](O)[C@H]3O)cc1OC)C(CO)C(CO)C2. The number of hydrogen-bond donors (Lipinski definition) is 7. The van der Waals surface area contributed by atoms with E-state index in [4.69, 9.17) is 18.9 Å². The Morgan fingerprint density at radius 2 is 1.57 bits per heavy atom. The van der Waals surface area contributed by atoms with Gasteiger partial charge in [0.25, 0.3) is 0 Å². The molecule has 1 aliphatic carbocycles. The van der Waals surface area contributed by atoms with Gasteiger partial charge >= 0.3 is 0 Å². The Bertz CT molecular complexity index is 1070. The molecule has 0 saturated carbocycles. The number of hydrogen-bond acceptors (Lipinski definition) is 11. The fourth-order valence-electron chi connectivity index (χ4n) is 5.37. The van der Waals surface area contributed by atoms with E-state index in [0.717, 1.165) is 11.1 Å². The number of phenolic OH excluding ortho intramolecular Hbond substituents is 1. The van der Waals surface area contributed by atoms with Gasteiger partial charge in [-0.2, -0.15) is 0 Å². The van der Waals surface area contributed by atoms with Gasteiger partial charge in [-0.05, 0) is 47.6 Å². The van der Waals surface area contributed by atoms with E-state index in [1.165, 1.54) is 14.2 Å². The van der Waals surface area contributed by atoms with E-state index < -0.39 is 43.2 Å². The lowest BCUT2D eigenvalue weighted by Crippen LogP contribution is -2.60. The van der Waals surface area contributed by atoms with E-state index in [1.807, 2.05) is 0 Å². The first-order chi connectivity index (χ1) is 17.8. The molecule has 4 rings (SSSR count). The third kappa shape index (κ3) is 5.08. The molecule has 8 atom stereocenters. The maximum atomic E-state index is 10.5. The fourth-order valence-corrected chi connectivity index (χ4v) is 5.37. The average molecular weight is 523 g/mol. The summed E-state index contributed by atoms with van der Waals surface area (Å²) in [6, 6.07) is 8.20. The van der Waals surface area contributed by atoms with Crippen molar-refractivity contribution in [3.05, 3.63) is 47.0 Å². The summed E-state index contributed by atoms with van der Waals surface area (Å²) < 4.78 is 22.1. The van der Waals surface area contributed by atoms with Gasteiger partial charge in [0.15, 0.2) is 11.5 Å². The van der Waals surface area contributed by atoms with E-state index in [1.54, 1.807) is 30.3 Å². The van der Waals surface area contributed by atoms with Crippen LogP contribution in [0.5, 0.6) is 23.0 Å². The molecule has 37 heavy (non-hydrogen) atoms. The van der Waals surface area contributed by atoms with Gasteiger partial charge in [0.05, 0.1) is 20.8 Å². The molecule has 1 aliphatic heterocycles. The second kappa shape index (κ2) is 11.4. The fraction of sp³-hybridized carbons (Fsp3) is 0.538. The molecule has 7 N–H and O–H groups in total. The lowest BCUT2D eigenvalue weighted by atomic mass is 9.66. The van der Waals surface area contributed by atoms with Crippen molar-refractivity contribution >= 4 is 0 Å². The van der Waals surface area contributed by atoms with Crippen molar-refractivity contribution in [1.82, 2.24) is 0 Å². The third-order valence-electron chi connectivity index (χ3n) is 7.38. The van der Waals surface area contributed by atoms with Crippen molar-refractivity contribution in [1.29, 1.82) is 0 Å². The van der Waals surface area contributed by atoms with Crippen molar-refractivity contribution in [2.45, 2.75) is 43.0 Å². The predicted molar refractivity (Wildman–Crippen MR) is 129 cm³/mol. The van der Waals surface area contributed by atoms with Crippen LogP contribution in [0.15, 0.2) is 30.3 Å². The minimum Gasteiger partial charge on any atom is -0.504 e. The second-order valence-electron chi connectivity index (χ2n) is 9.41. The number of aromatic hydroxyl groups is 1. The highest BCUT2D eigenvalue weighted by Gasteiger charge is 2.45. The van der Waals surface area contributed by atoms with E-state index >= 15 is 0 Å². The molecule has 2 aromatic rings. The molecule has 11 nitrogen and oxygen atoms in total. The summed E-state index contributed by atoms with van der Waals surface area (Å²) in [4.78, 5) is 0. The Kier molecular flexibility index (Phi) is 8.44. The maximum absolute atomic E-state index is 10.5. The van der Waals surface area contributed by atoms with Crippen LogP contribution in [-0.2, 0) is 11.2 Å². The molecule has 0 aromatic heterocycles. The highest BCUT2D eigenvalue weighted by molar-refractivity contribution is 5.55. The van der Waals surface area contributed by atoms with Gasteiger partial charge in [-0.3, -0.25) is 0 Å². The molecule has 0 amide bonds. The zero-order valence-electron chi connectivity index (χ0n) is 20.6. The van der Waals surface area contributed by atoms with E-state index in [-0.39, 0.29) is 36.5 Å². The zero-order valence-corrected chi connectivity index (χ0v) is 20.6. The van der Waals surface area contributed by atoms with Crippen molar-refractivity contribution < 1.29 is 54.7 Å². The van der Waals surface area contributed by atoms with E-state index in [0.29, 0.717) is 23.5 Å². The maximum Gasteiger partial charge on any atom is 0.229 e. The number of methoxy groups -OCH3 is 2. The summed E-state index contributed by atoms with van der Waals surface area (Å²) in [5.41, 5.74) is 2.31. The molecule has 11 heteroatoms. The van der Waals surface area contributed by atoms with Gasteiger partial charge in [-0.15, -0.1) is 0 Å². The van der Waals surface area contributed by atoms with Crippen molar-refractivity contribution in [2.24, 2.45) is 11.8 Å². The molecule has 0 radical (unpaired) electrons. The van der Waals surface area contributed by atoms with Crippen LogP contribution in [0, 0.1) is 11.8 Å². The van der Waals surface area contributed by atoms with E-state index in [9.17, 15) is 35.7 Å². The molecular weight excluding hydrogens is 488 g/mol. The van der Waals surface area contributed by atoms with Crippen LogP contribution in [0.1, 0.15) is 22.6 Å². The summed E-state index contributed by atoms with van der Waals surface area (Å²) in [5.74, 6) is -0.219. The molecule has 204 valence electrons. The standard InChI is InChI=1S/C26H34O11/c1-34-19-7-14(36-26-25(33)24(32)23(31)21(11-29)37-26)3-4-15(19)22-16-8-18(30)20(35-2)6-12(16)5-13(9-27)17(22)10-28/h3-4,6-8,13,17,21-33H,5,9-11H2,1-2H3/t13?,17?,21-,22?,23-,24+,25-,26-/m1/s1. The smallest absolute Gasteiger partial charge is 0.229 e. The summed E-state index contributed by atoms with van der Waals surface area (Å²) in [6.07, 6.45) is -6.65. The Morgan fingerprint density at radius 3 is 2.19 bits per heavy atom. The number of fused-ring (bicyclic) bond motifs is 1. The van der Waals surface area contributed by atoms with Crippen LogP contribution in [0.2, 0.25) is 0 Å². The highest BCUT2D eigenvalue weighted by atomic mass is 16.7. The van der Waals surface area contributed by atoms with Gasteiger partial charge in [-0.25, -0.2) is 0 Å². The molecule has 2 aromatic carbocycles. The topological polar surface area (TPSA) is 179 Å². The molecule has 2 aliphatic rings. The van der Waals surface area contributed by atoms with Gasteiger partial charge in [0.1, 0.15) is 35.9 Å². The minimum absolute atomic E-state index is 0.0491. The summed E-state index contributed by atoms with van der Waals surface area (Å²) in [5, 5.41) is 70.7. The van der Waals surface area contributed by atoms with Crippen LogP contribution in [0.4, 0.5) is 0 Å². The van der Waals surface area contributed by atoms with Crippen LogP contribution >= 0.6 is 0 Å². The Morgan fingerprint density at radius 1 is 0.838 bits per heavy atom. The Hall–Kier alpha value is -2.64. The molecule has 1 heterocycles. The van der Waals surface area contributed by atoms with E-state index in [2.05, 4.69) is 0 Å². The average Bonchev–Trinajstić information content (AvgIpc) is 2.91. The quantitative estimate of drug-likeness (QED) is 0.238. The summed E-state index contributed by atoms with van der Waals surface area (Å²) >= 11 is 0. The number of aliphatic hydroxyl groups is 6. The number of ether oxygens (including phenoxy) is 4. The molecule has 1 fully saturated rings. The molecular formula is C26H34O11. The van der Waals surface area contributed by atoms with Crippen molar-refractivity contribution in [2.75, 3.05) is 34.0 Å². The summed E-state index contributed by atoms with van der Waals surface area (Å²) in [7, 11) is 2.92. The predicted octanol–water partition coefficient (Wildman–Crippen LogP) is -0.507. The second-order valence-corrected chi connectivity index (χ2v) is 9.41. The number of aliphatic hydroxyl groups excluding tert-OH is 6. The number of rotatable bonds is 8. The van der Waals surface area contributed by atoms with Crippen LogP contribution < -0.4 is 14.2 Å². The van der Waals surface area contributed by atoms with Crippen molar-refractivity contribution in [3.63, 3.8) is 0 Å². The molecule has 1 saturated heterocycles. The molecule has 0 spiro atoms. The monoisotopic (exact) mass is 522 g/mol. The van der Waals surface area contributed by atoms with Gasteiger partial charge < -0.3 is 54.7 Å². The third-order valence-corrected chi connectivity index (χ3v) is 7.38. The summed E-state index contributed by atoms with van der Waals surface area (Å²) in [6.45, 7) is -0.945. The molecule has 3 unspecified atom stereocenters. The first kappa shape index (κ1) is 27.4. The lowest BCUT2D eigenvalue weighted by molar-refractivity contribution is -0.277. The Labute approximate surface area is 214 Å². The highest BCUT2D eigenvalue weighted by Crippen LogP contribution is 2.49. The lowest BCUT2D eigenvalue weighted by Gasteiger charge is -2.40. The van der Waals surface area contributed by atoms with Crippen LogP contribution in [-0.4, -0.2) is 100 Å². The van der Waals surface area contributed by atoms with Crippen LogP contribution in [0.25, 0.3) is 0 Å². The first-order valence-corrected chi connectivity index (χ1v) is 12.0. The largest absolute Gasteiger partial charge is 0.504 e. The number of phenols is 1. The van der Waals surface area contributed by atoms with Crippen molar-refractivity contribution in [3.8, 4) is 23.0 Å². The van der Waals surface area contributed by atoms with Gasteiger partial charge in [0.2, 0.25) is 6.29 Å². The normalized spacial score (nSPS) is 31.5. The zero-order chi connectivity index (χ0) is 26.9. The minimum atomic E-state index is -1.58. The van der Waals surface area contributed by atoms with Crippen LogP contribution in [0.3, 0.4) is 0 Å².